The number of carbonyl (C=O) groups is 3. The van der Waals surface area contributed by atoms with Gasteiger partial charge in [-0.25, -0.2) is 0 Å². The summed E-state index contributed by atoms with van der Waals surface area (Å²) < 4.78 is 11.1. The third kappa shape index (κ3) is 4.08. The van der Waals surface area contributed by atoms with Crippen molar-refractivity contribution in [2.75, 3.05) is 26.3 Å². The highest BCUT2D eigenvalue weighted by Gasteiger charge is 2.34. The molecule has 0 radical (unpaired) electrons. The molecule has 0 saturated carbocycles. The second kappa shape index (κ2) is 8.34. The van der Waals surface area contributed by atoms with E-state index >= 15 is 0 Å². The average molecular weight is 394 g/mol. The van der Waals surface area contributed by atoms with Crippen molar-refractivity contribution in [3.8, 4) is 11.5 Å². The van der Waals surface area contributed by atoms with Crippen LogP contribution in [0.3, 0.4) is 0 Å². The summed E-state index contributed by atoms with van der Waals surface area (Å²) in [5, 5.41) is 2.88. The highest BCUT2D eigenvalue weighted by Crippen LogP contribution is 2.30. The van der Waals surface area contributed by atoms with Gasteiger partial charge in [-0.05, 0) is 42.7 Å². The van der Waals surface area contributed by atoms with E-state index in [1.807, 2.05) is 18.2 Å². The zero-order valence-electron chi connectivity index (χ0n) is 16.0. The number of nitrogens with zero attached hydrogens (tertiary/aromatic N) is 1. The normalized spacial score (nSPS) is 14.7. The Morgan fingerprint density at radius 1 is 0.966 bits per heavy atom. The van der Waals surface area contributed by atoms with Gasteiger partial charge in [0.05, 0.1) is 11.1 Å². The Morgan fingerprint density at radius 3 is 2.38 bits per heavy atom. The van der Waals surface area contributed by atoms with Crippen molar-refractivity contribution < 1.29 is 23.9 Å². The number of hydrogen-bond donors (Lipinski definition) is 1. The molecule has 4 rings (SSSR count). The van der Waals surface area contributed by atoms with Crippen LogP contribution in [0.25, 0.3) is 0 Å². The fraction of sp³-hybridized carbons (Fsp3) is 0.318. The summed E-state index contributed by atoms with van der Waals surface area (Å²) in [6, 6.07) is 12.6. The molecular weight excluding hydrogens is 372 g/mol. The highest BCUT2D eigenvalue weighted by atomic mass is 16.6. The van der Waals surface area contributed by atoms with Crippen LogP contribution in [0.5, 0.6) is 11.5 Å². The molecule has 0 bridgehead atoms. The van der Waals surface area contributed by atoms with Crippen LogP contribution < -0.4 is 14.8 Å². The molecule has 2 aromatic carbocycles. The van der Waals surface area contributed by atoms with Crippen molar-refractivity contribution in [2.24, 2.45) is 0 Å². The van der Waals surface area contributed by atoms with Gasteiger partial charge in [-0.1, -0.05) is 18.2 Å². The van der Waals surface area contributed by atoms with Gasteiger partial charge in [-0.15, -0.1) is 0 Å². The number of rotatable bonds is 7. The Kier molecular flexibility index (Phi) is 5.46. The maximum Gasteiger partial charge on any atom is 0.261 e. The minimum Gasteiger partial charge on any atom is -0.486 e. The lowest BCUT2D eigenvalue weighted by molar-refractivity contribution is -0.121. The number of carbonyl (C=O) groups excluding carboxylic acids is 3. The van der Waals surface area contributed by atoms with Crippen molar-refractivity contribution in [1.82, 2.24) is 10.2 Å². The summed E-state index contributed by atoms with van der Waals surface area (Å²) in [7, 11) is 0. The van der Waals surface area contributed by atoms with Gasteiger partial charge in [-0.2, -0.15) is 0 Å². The first kappa shape index (κ1) is 19.0. The van der Waals surface area contributed by atoms with Crippen molar-refractivity contribution >= 4 is 17.7 Å². The number of amides is 3. The summed E-state index contributed by atoms with van der Waals surface area (Å²) in [5.74, 6) is 0.812. The summed E-state index contributed by atoms with van der Waals surface area (Å²) in [6.45, 7) is 1.84. The number of nitrogens with one attached hydrogen (secondary N) is 1. The molecule has 0 spiro atoms. The van der Waals surface area contributed by atoms with Gasteiger partial charge in [0.15, 0.2) is 11.5 Å². The van der Waals surface area contributed by atoms with Crippen LogP contribution in [0, 0.1) is 0 Å². The average Bonchev–Trinajstić information content (AvgIpc) is 2.99. The molecule has 7 nitrogen and oxygen atoms in total. The number of imide groups is 1. The first-order valence-electron chi connectivity index (χ1n) is 9.74. The Hall–Kier alpha value is -3.35. The van der Waals surface area contributed by atoms with Crippen LogP contribution in [-0.2, 0) is 11.2 Å². The van der Waals surface area contributed by atoms with Crippen LogP contribution in [0.15, 0.2) is 42.5 Å². The quantitative estimate of drug-likeness (QED) is 0.728. The van der Waals surface area contributed by atoms with Crippen LogP contribution in [0.4, 0.5) is 0 Å². The van der Waals surface area contributed by atoms with Gasteiger partial charge in [0.2, 0.25) is 5.91 Å². The molecule has 7 heteroatoms. The van der Waals surface area contributed by atoms with E-state index in [0.29, 0.717) is 43.7 Å². The van der Waals surface area contributed by atoms with Crippen LogP contribution in [0.2, 0.25) is 0 Å². The molecule has 2 aliphatic heterocycles. The molecule has 0 fully saturated rings. The van der Waals surface area contributed by atoms with Gasteiger partial charge in [0, 0.05) is 19.5 Å². The summed E-state index contributed by atoms with van der Waals surface area (Å²) in [6.07, 6.45) is 1.37. The SMILES string of the molecule is O=C(CCCN1C(=O)c2ccccc2C1=O)NCCc1ccc2c(c1)OCCO2. The molecule has 2 aliphatic rings. The second-order valence-electron chi connectivity index (χ2n) is 6.99. The van der Waals surface area contributed by atoms with Gasteiger partial charge in [-0.3, -0.25) is 19.3 Å². The molecule has 1 N–H and O–H groups in total. The Labute approximate surface area is 168 Å². The minimum absolute atomic E-state index is 0.0980. The molecule has 0 saturated heterocycles. The maximum atomic E-state index is 12.3. The zero-order chi connectivity index (χ0) is 20.2. The minimum atomic E-state index is -0.287. The molecule has 0 aliphatic carbocycles. The number of hydrogen-bond acceptors (Lipinski definition) is 5. The lowest BCUT2D eigenvalue weighted by atomic mass is 10.1. The lowest BCUT2D eigenvalue weighted by Gasteiger charge is -2.18. The van der Waals surface area contributed by atoms with Gasteiger partial charge in [0.25, 0.3) is 11.8 Å². The standard InChI is InChI=1S/C22H22N2O5/c25-20(23-10-9-15-7-8-18-19(14-15)29-13-12-28-18)6-3-11-24-21(26)16-4-1-2-5-17(16)22(24)27/h1-2,4-5,7-8,14H,3,6,9-13H2,(H,23,25). The van der Waals surface area contributed by atoms with E-state index in [1.54, 1.807) is 24.3 Å². The predicted octanol–water partition coefficient (Wildman–Crippen LogP) is 2.19. The van der Waals surface area contributed by atoms with Crippen molar-refractivity contribution in [3.63, 3.8) is 0 Å². The smallest absolute Gasteiger partial charge is 0.261 e. The van der Waals surface area contributed by atoms with Crippen LogP contribution >= 0.6 is 0 Å². The molecule has 0 aromatic heterocycles. The second-order valence-corrected chi connectivity index (χ2v) is 6.99. The van der Waals surface area contributed by atoms with Crippen molar-refractivity contribution in [2.45, 2.75) is 19.3 Å². The molecule has 29 heavy (non-hydrogen) atoms. The zero-order valence-corrected chi connectivity index (χ0v) is 16.0. The predicted molar refractivity (Wildman–Crippen MR) is 105 cm³/mol. The summed E-state index contributed by atoms with van der Waals surface area (Å²) in [5.41, 5.74) is 1.92. The molecule has 2 heterocycles. The molecule has 150 valence electrons. The van der Waals surface area contributed by atoms with E-state index < -0.39 is 0 Å². The maximum absolute atomic E-state index is 12.3. The van der Waals surface area contributed by atoms with E-state index in [1.165, 1.54) is 4.90 Å². The Balaban J connectivity index is 1.19. The largest absolute Gasteiger partial charge is 0.486 e. The van der Waals surface area contributed by atoms with E-state index in [9.17, 15) is 14.4 Å². The number of fused-ring (bicyclic) bond motifs is 2. The highest BCUT2D eigenvalue weighted by molar-refractivity contribution is 6.21. The third-order valence-corrected chi connectivity index (χ3v) is 5.01. The van der Waals surface area contributed by atoms with Crippen LogP contribution in [0.1, 0.15) is 39.1 Å². The lowest BCUT2D eigenvalue weighted by Crippen LogP contribution is -2.32. The van der Waals surface area contributed by atoms with Crippen molar-refractivity contribution in [3.05, 3.63) is 59.2 Å². The first-order chi connectivity index (χ1) is 14.1. The van der Waals surface area contributed by atoms with E-state index in [4.69, 9.17) is 9.47 Å². The third-order valence-electron chi connectivity index (χ3n) is 5.01. The van der Waals surface area contributed by atoms with Gasteiger partial charge >= 0.3 is 0 Å². The number of benzene rings is 2. The molecule has 3 amide bonds. The van der Waals surface area contributed by atoms with E-state index in [-0.39, 0.29) is 30.7 Å². The van der Waals surface area contributed by atoms with Crippen molar-refractivity contribution in [1.29, 1.82) is 0 Å². The Morgan fingerprint density at radius 2 is 1.66 bits per heavy atom. The van der Waals surface area contributed by atoms with Crippen LogP contribution in [-0.4, -0.2) is 48.9 Å². The Bertz CT molecular complexity index is 921. The van der Waals surface area contributed by atoms with E-state index in [2.05, 4.69) is 5.32 Å². The topological polar surface area (TPSA) is 84.9 Å². The fourth-order valence-electron chi connectivity index (χ4n) is 3.52. The molecule has 2 aromatic rings. The molecule has 0 atom stereocenters. The fourth-order valence-corrected chi connectivity index (χ4v) is 3.52. The monoisotopic (exact) mass is 394 g/mol. The van der Waals surface area contributed by atoms with Gasteiger partial charge in [0.1, 0.15) is 13.2 Å². The summed E-state index contributed by atoms with van der Waals surface area (Å²) >= 11 is 0. The number of ether oxygens (including phenoxy) is 2. The molecular formula is C22H22N2O5. The summed E-state index contributed by atoms with van der Waals surface area (Å²) in [4.78, 5) is 37.9. The van der Waals surface area contributed by atoms with Gasteiger partial charge < -0.3 is 14.8 Å². The first-order valence-corrected chi connectivity index (χ1v) is 9.74. The van der Waals surface area contributed by atoms with E-state index in [0.717, 1.165) is 17.1 Å². The molecule has 0 unspecified atom stereocenters.